The van der Waals surface area contributed by atoms with Crippen molar-refractivity contribution in [2.75, 3.05) is 0 Å². The molecule has 0 amide bonds. The molecule has 4 heteroatoms. The van der Waals surface area contributed by atoms with Crippen molar-refractivity contribution in [1.29, 1.82) is 0 Å². The summed E-state index contributed by atoms with van der Waals surface area (Å²) >= 11 is 0. The smallest absolute Gasteiger partial charge is 0.300 e. The van der Waals surface area contributed by atoms with Gasteiger partial charge in [0.1, 0.15) is 5.54 Å². The highest BCUT2D eigenvalue weighted by molar-refractivity contribution is 5.33. The summed E-state index contributed by atoms with van der Waals surface area (Å²) in [6, 6.07) is 7.83. The summed E-state index contributed by atoms with van der Waals surface area (Å²) in [6.45, 7) is 0. The maximum atomic E-state index is 12.8. The van der Waals surface area contributed by atoms with E-state index in [1.165, 1.54) is 11.1 Å². The number of hydrogen-bond acceptors (Lipinski definition) is 1. The Labute approximate surface area is 98.0 Å². The zero-order chi connectivity index (χ0) is 12.1. The summed E-state index contributed by atoms with van der Waals surface area (Å²) < 4.78 is 38.4. The fourth-order valence-electron chi connectivity index (χ4n) is 2.69. The molecule has 17 heavy (non-hydrogen) atoms. The minimum absolute atomic E-state index is 0.0588. The second-order valence-corrected chi connectivity index (χ2v) is 5.10. The van der Waals surface area contributed by atoms with Crippen molar-refractivity contribution < 1.29 is 13.2 Å². The lowest BCUT2D eigenvalue weighted by molar-refractivity contribution is -0.167. The lowest BCUT2D eigenvalue weighted by Gasteiger charge is -2.24. The van der Waals surface area contributed by atoms with Crippen molar-refractivity contribution in [3.05, 3.63) is 35.4 Å². The van der Waals surface area contributed by atoms with Gasteiger partial charge >= 0.3 is 6.18 Å². The van der Waals surface area contributed by atoms with Gasteiger partial charge in [0.05, 0.1) is 0 Å². The number of alkyl halides is 3. The third kappa shape index (κ3) is 1.84. The summed E-state index contributed by atoms with van der Waals surface area (Å²) in [6.07, 6.45) is -2.23. The van der Waals surface area contributed by atoms with Crippen LogP contribution in [0.15, 0.2) is 24.3 Å². The van der Waals surface area contributed by atoms with Crippen LogP contribution in [0.25, 0.3) is 0 Å². The van der Waals surface area contributed by atoms with E-state index < -0.39 is 11.7 Å². The first-order chi connectivity index (χ1) is 8.00. The number of benzene rings is 1. The Morgan fingerprint density at radius 3 is 2.00 bits per heavy atom. The molecule has 1 saturated carbocycles. The number of halogens is 3. The van der Waals surface area contributed by atoms with Gasteiger partial charge in [0, 0.05) is 6.04 Å². The molecule has 0 unspecified atom stereocenters. The first kappa shape index (κ1) is 11.1. The van der Waals surface area contributed by atoms with Crippen molar-refractivity contribution >= 4 is 0 Å². The standard InChI is InChI=1S/C13H14F3N/c14-13(15,16)12(5-6-12)17-11-7-9-3-1-2-4-10(9)8-11/h1-4,11,17H,5-8H2. The van der Waals surface area contributed by atoms with Gasteiger partial charge in [-0.15, -0.1) is 0 Å². The average molecular weight is 241 g/mol. The summed E-state index contributed by atoms with van der Waals surface area (Å²) in [5.41, 5.74) is 0.783. The van der Waals surface area contributed by atoms with Crippen LogP contribution in [0.4, 0.5) is 13.2 Å². The van der Waals surface area contributed by atoms with E-state index in [9.17, 15) is 13.2 Å². The quantitative estimate of drug-likeness (QED) is 0.839. The molecule has 0 radical (unpaired) electrons. The molecule has 0 saturated heterocycles. The molecule has 1 N–H and O–H groups in total. The number of fused-ring (bicyclic) bond motifs is 1. The maximum absolute atomic E-state index is 12.8. The normalized spacial score (nSPS) is 22.5. The topological polar surface area (TPSA) is 12.0 Å². The van der Waals surface area contributed by atoms with Gasteiger partial charge in [-0.05, 0) is 36.8 Å². The number of rotatable bonds is 2. The monoisotopic (exact) mass is 241 g/mol. The fraction of sp³-hybridized carbons (Fsp3) is 0.538. The highest BCUT2D eigenvalue weighted by Crippen LogP contribution is 2.49. The van der Waals surface area contributed by atoms with Gasteiger partial charge in [0.2, 0.25) is 0 Å². The third-order valence-corrected chi connectivity index (χ3v) is 3.82. The van der Waals surface area contributed by atoms with E-state index in [0.29, 0.717) is 12.8 Å². The third-order valence-electron chi connectivity index (χ3n) is 3.82. The van der Waals surface area contributed by atoms with Crippen LogP contribution in [0.2, 0.25) is 0 Å². The molecule has 1 aromatic rings. The molecule has 1 fully saturated rings. The molecule has 1 nitrogen and oxygen atoms in total. The maximum Gasteiger partial charge on any atom is 0.406 e. The van der Waals surface area contributed by atoms with Gasteiger partial charge in [0.15, 0.2) is 0 Å². The lowest BCUT2D eigenvalue weighted by Crippen LogP contribution is -2.50. The number of hydrogen-bond donors (Lipinski definition) is 1. The van der Waals surface area contributed by atoms with Crippen molar-refractivity contribution in [3.8, 4) is 0 Å². The Kier molecular flexibility index (Phi) is 2.27. The molecule has 1 aromatic carbocycles. The van der Waals surface area contributed by atoms with Crippen LogP contribution >= 0.6 is 0 Å². The van der Waals surface area contributed by atoms with Crippen LogP contribution in [0.5, 0.6) is 0 Å². The first-order valence-corrected chi connectivity index (χ1v) is 5.91. The zero-order valence-corrected chi connectivity index (χ0v) is 9.35. The van der Waals surface area contributed by atoms with E-state index in [-0.39, 0.29) is 18.9 Å². The minimum atomic E-state index is -4.11. The Balaban J connectivity index is 1.71. The van der Waals surface area contributed by atoms with Gasteiger partial charge < -0.3 is 5.32 Å². The average Bonchev–Trinajstić information content (AvgIpc) is 2.92. The summed E-state index contributed by atoms with van der Waals surface area (Å²) in [7, 11) is 0. The van der Waals surface area contributed by atoms with Crippen LogP contribution in [-0.4, -0.2) is 17.8 Å². The molecule has 2 aliphatic carbocycles. The Bertz CT molecular complexity index is 410. The molecule has 0 spiro atoms. The summed E-state index contributed by atoms with van der Waals surface area (Å²) in [5.74, 6) is 0. The van der Waals surface area contributed by atoms with Crippen LogP contribution in [0, 0.1) is 0 Å². The van der Waals surface area contributed by atoms with Gasteiger partial charge in [-0.2, -0.15) is 13.2 Å². The van der Waals surface area contributed by atoms with Crippen LogP contribution < -0.4 is 5.32 Å². The van der Waals surface area contributed by atoms with Crippen molar-refractivity contribution in [1.82, 2.24) is 5.32 Å². The van der Waals surface area contributed by atoms with Crippen molar-refractivity contribution in [3.63, 3.8) is 0 Å². The van der Waals surface area contributed by atoms with E-state index in [1.54, 1.807) is 0 Å². The van der Waals surface area contributed by atoms with Gasteiger partial charge in [-0.25, -0.2) is 0 Å². The molecular weight excluding hydrogens is 227 g/mol. The molecule has 3 rings (SSSR count). The molecule has 0 aliphatic heterocycles. The Morgan fingerprint density at radius 2 is 1.59 bits per heavy atom. The lowest BCUT2D eigenvalue weighted by atomic mass is 10.1. The molecule has 0 heterocycles. The summed E-state index contributed by atoms with van der Waals surface area (Å²) in [4.78, 5) is 0. The zero-order valence-electron chi connectivity index (χ0n) is 9.35. The number of nitrogens with one attached hydrogen (secondary N) is 1. The SMILES string of the molecule is FC(F)(F)C1(NC2Cc3ccccc3C2)CC1. The van der Waals surface area contributed by atoms with E-state index in [0.717, 1.165) is 0 Å². The van der Waals surface area contributed by atoms with Crippen LogP contribution in [-0.2, 0) is 12.8 Å². The van der Waals surface area contributed by atoms with E-state index in [4.69, 9.17) is 0 Å². The second-order valence-electron chi connectivity index (χ2n) is 5.10. The predicted molar refractivity (Wildman–Crippen MR) is 58.8 cm³/mol. The second kappa shape index (κ2) is 3.48. The van der Waals surface area contributed by atoms with E-state index in [1.807, 2.05) is 24.3 Å². The van der Waals surface area contributed by atoms with Gasteiger partial charge in [-0.3, -0.25) is 0 Å². The Hall–Kier alpha value is -1.03. The van der Waals surface area contributed by atoms with Crippen molar-refractivity contribution in [2.45, 2.75) is 43.4 Å². The fourth-order valence-corrected chi connectivity index (χ4v) is 2.69. The molecule has 92 valence electrons. The first-order valence-electron chi connectivity index (χ1n) is 5.91. The largest absolute Gasteiger partial charge is 0.406 e. The minimum Gasteiger partial charge on any atom is -0.300 e. The summed E-state index contributed by atoms with van der Waals surface area (Å²) in [5, 5.41) is 2.83. The van der Waals surface area contributed by atoms with Crippen molar-refractivity contribution in [2.24, 2.45) is 0 Å². The molecule has 0 atom stereocenters. The predicted octanol–water partition coefficient (Wildman–Crippen LogP) is 2.84. The molecule has 2 aliphatic rings. The van der Waals surface area contributed by atoms with E-state index >= 15 is 0 Å². The van der Waals surface area contributed by atoms with E-state index in [2.05, 4.69) is 5.32 Å². The van der Waals surface area contributed by atoms with Gasteiger partial charge in [-0.1, -0.05) is 24.3 Å². The van der Waals surface area contributed by atoms with Gasteiger partial charge in [0.25, 0.3) is 0 Å². The molecule has 0 aromatic heterocycles. The Morgan fingerprint density at radius 1 is 1.06 bits per heavy atom. The highest BCUT2D eigenvalue weighted by atomic mass is 19.4. The molecule has 0 bridgehead atoms. The van der Waals surface area contributed by atoms with Crippen LogP contribution in [0.3, 0.4) is 0 Å². The van der Waals surface area contributed by atoms with Crippen LogP contribution in [0.1, 0.15) is 24.0 Å². The molecular formula is C13H14F3N. The highest BCUT2D eigenvalue weighted by Gasteiger charge is 2.63.